The van der Waals surface area contributed by atoms with E-state index in [0.29, 0.717) is 0 Å². The second kappa shape index (κ2) is 1.74. The van der Waals surface area contributed by atoms with Gasteiger partial charge in [0.1, 0.15) is 4.64 Å². The first-order valence-corrected chi connectivity index (χ1v) is 2.83. The molecular weight excluding hydrogens is 120 g/mol. The van der Waals surface area contributed by atoms with Gasteiger partial charge in [-0.1, -0.05) is 12.2 Å². The molecule has 1 aromatic heterocycles. The van der Waals surface area contributed by atoms with Crippen LogP contribution in [0.2, 0.25) is 0 Å². The molecule has 1 N–H and O–H groups in total. The number of hydrogen-bond acceptors (Lipinski definition) is 1. The molecule has 0 atom stereocenters. The normalized spacial score (nSPS) is 9.75. The van der Waals surface area contributed by atoms with Gasteiger partial charge in [0.05, 0.1) is 0 Å². The molecule has 0 radical (unpaired) electrons. The van der Waals surface area contributed by atoms with Gasteiger partial charge in [0.2, 0.25) is 0 Å². The third kappa shape index (κ3) is 0.816. The summed E-state index contributed by atoms with van der Waals surface area (Å²) in [6, 6.07) is 0. The molecule has 0 amide bonds. The smallest absolute Gasteiger partial charge is 0.122 e. The van der Waals surface area contributed by atoms with Crippen LogP contribution >= 0.6 is 12.2 Å². The molecule has 0 saturated carbocycles. The lowest BCUT2D eigenvalue weighted by molar-refractivity contribution is 0.763. The molecule has 0 aliphatic rings. The zero-order valence-electron chi connectivity index (χ0n) is 4.93. The molecule has 1 rings (SSSR count). The van der Waals surface area contributed by atoms with Crippen LogP contribution in [0, 0.1) is 11.6 Å². The van der Waals surface area contributed by atoms with Crippen LogP contribution < -0.4 is 0 Å². The van der Waals surface area contributed by atoms with Crippen molar-refractivity contribution in [3.8, 4) is 0 Å². The van der Waals surface area contributed by atoms with E-state index in [1.54, 1.807) is 0 Å². The maximum Gasteiger partial charge on any atom is 0.122 e. The molecule has 3 heteroatoms. The molecule has 0 spiro atoms. The molecule has 44 valence electrons. The van der Waals surface area contributed by atoms with E-state index in [1.165, 1.54) is 0 Å². The van der Waals surface area contributed by atoms with E-state index in [9.17, 15) is 0 Å². The van der Waals surface area contributed by atoms with Crippen LogP contribution in [-0.2, 0) is 7.05 Å². The topological polar surface area (TPSA) is 20.7 Å². The zero-order chi connectivity index (χ0) is 6.15. The predicted molar refractivity (Wildman–Crippen MR) is 35.3 cm³/mol. The average Bonchev–Trinajstić information content (AvgIpc) is 1.85. The molecule has 0 saturated heterocycles. The summed E-state index contributed by atoms with van der Waals surface area (Å²) in [6.45, 7) is 1.98. The highest BCUT2D eigenvalue weighted by atomic mass is 32.1. The Morgan fingerprint density at radius 3 is 2.50 bits per heavy atom. The third-order valence-electron chi connectivity index (χ3n) is 1.02. The van der Waals surface area contributed by atoms with E-state index in [0.717, 1.165) is 10.2 Å². The molecule has 1 heterocycles. The number of aryl methyl sites for hydroxylation is 2. The van der Waals surface area contributed by atoms with Crippen molar-refractivity contribution in [1.82, 2.24) is 9.78 Å². The van der Waals surface area contributed by atoms with Crippen molar-refractivity contribution in [2.45, 2.75) is 6.92 Å². The second-order valence-corrected chi connectivity index (χ2v) is 2.27. The maximum atomic E-state index is 4.90. The van der Waals surface area contributed by atoms with Crippen LogP contribution in [-0.4, -0.2) is 9.78 Å². The first-order chi connectivity index (χ1) is 3.70. The summed E-state index contributed by atoms with van der Waals surface area (Å²) < 4.78 is 2.67. The van der Waals surface area contributed by atoms with E-state index in [4.69, 9.17) is 12.2 Å². The van der Waals surface area contributed by atoms with Gasteiger partial charge in [0, 0.05) is 18.8 Å². The Balaban J connectivity index is 3.35. The number of nitrogens with one attached hydrogen (secondary N) is 1. The summed E-state index contributed by atoms with van der Waals surface area (Å²) in [7, 11) is 1.92. The minimum atomic E-state index is 0.826. The number of nitrogens with zero attached hydrogens (tertiary/aromatic N) is 1. The Hall–Kier alpha value is -0.570. The zero-order valence-corrected chi connectivity index (χ0v) is 5.75. The van der Waals surface area contributed by atoms with E-state index in [1.807, 2.05) is 24.9 Å². The third-order valence-corrected chi connectivity index (χ3v) is 1.44. The fourth-order valence-electron chi connectivity index (χ4n) is 0.630. The van der Waals surface area contributed by atoms with E-state index in [2.05, 4.69) is 5.10 Å². The Bertz CT molecular complexity index is 233. The Labute approximate surface area is 53.1 Å². The minimum Gasteiger partial charge on any atom is -0.297 e. The van der Waals surface area contributed by atoms with E-state index >= 15 is 0 Å². The standard InChI is InChI=1S/C5H8N2S/c1-4-3-7(2)6-5(4)8/h3H,1-2H3,(H,6,8). The molecule has 0 aromatic carbocycles. The lowest BCUT2D eigenvalue weighted by atomic mass is 10.4. The highest BCUT2D eigenvalue weighted by molar-refractivity contribution is 7.71. The lowest BCUT2D eigenvalue weighted by Gasteiger charge is -1.81. The highest BCUT2D eigenvalue weighted by Crippen LogP contribution is 1.94. The quantitative estimate of drug-likeness (QED) is 0.524. The van der Waals surface area contributed by atoms with Crippen LogP contribution in [0.15, 0.2) is 6.20 Å². The summed E-state index contributed by atoms with van der Waals surface area (Å²) in [6.07, 6.45) is 1.96. The first-order valence-electron chi connectivity index (χ1n) is 2.42. The highest BCUT2D eigenvalue weighted by Gasteiger charge is 1.86. The van der Waals surface area contributed by atoms with Gasteiger partial charge in [-0.3, -0.25) is 9.78 Å². The molecule has 8 heavy (non-hydrogen) atoms. The van der Waals surface area contributed by atoms with Gasteiger partial charge in [-0.15, -0.1) is 0 Å². The number of hydrogen-bond donors (Lipinski definition) is 1. The molecule has 2 nitrogen and oxygen atoms in total. The van der Waals surface area contributed by atoms with Gasteiger partial charge < -0.3 is 0 Å². The van der Waals surface area contributed by atoms with Crippen molar-refractivity contribution >= 4 is 12.2 Å². The molecule has 1 aromatic rings. The first kappa shape index (κ1) is 5.56. The summed E-state index contributed by atoms with van der Waals surface area (Å²) in [5.74, 6) is 0. The Morgan fingerprint density at radius 1 is 1.75 bits per heavy atom. The van der Waals surface area contributed by atoms with Gasteiger partial charge in [0.25, 0.3) is 0 Å². The molecule has 0 aliphatic carbocycles. The number of aromatic amines is 1. The molecule has 0 bridgehead atoms. The van der Waals surface area contributed by atoms with Gasteiger partial charge in [-0.05, 0) is 6.92 Å². The van der Waals surface area contributed by atoms with Crippen molar-refractivity contribution in [2.24, 2.45) is 7.05 Å². The lowest BCUT2D eigenvalue weighted by Crippen LogP contribution is -1.84. The second-order valence-electron chi connectivity index (χ2n) is 1.86. The van der Waals surface area contributed by atoms with Crippen molar-refractivity contribution in [3.63, 3.8) is 0 Å². The van der Waals surface area contributed by atoms with Crippen molar-refractivity contribution in [3.05, 3.63) is 16.4 Å². The van der Waals surface area contributed by atoms with Crippen molar-refractivity contribution < 1.29 is 0 Å². The maximum absolute atomic E-state index is 4.90. The van der Waals surface area contributed by atoms with E-state index < -0.39 is 0 Å². The molecular formula is C5H8N2S. The molecule has 0 fully saturated rings. The van der Waals surface area contributed by atoms with Crippen molar-refractivity contribution in [1.29, 1.82) is 0 Å². The summed E-state index contributed by atoms with van der Waals surface area (Å²) in [4.78, 5) is 0. The summed E-state index contributed by atoms with van der Waals surface area (Å²) in [5, 5.41) is 2.94. The van der Waals surface area contributed by atoms with Crippen LogP contribution in [0.3, 0.4) is 0 Å². The van der Waals surface area contributed by atoms with Gasteiger partial charge in [0.15, 0.2) is 0 Å². The predicted octanol–water partition coefficient (Wildman–Crippen LogP) is 1.39. The molecule has 0 aliphatic heterocycles. The largest absolute Gasteiger partial charge is 0.297 e. The number of H-pyrrole nitrogens is 1. The summed E-state index contributed by atoms with van der Waals surface area (Å²) in [5.41, 5.74) is 1.13. The van der Waals surface area contributed by atoms with Gasteiger partial charge >= 0.3 is 0 Å². The van der Waals surface area contributed by atoms with Crippen LogP contribution in [0.4, 0.5) is 0 Å². The summed E-state index contributed by atoms with van der Waals surface area (Å²) >= 11 is 4.90. The van der Waals surface area contributed by atoms with Gasteiger partial charge in [-0.25, -0.2) is 0 Å². The Kier molecular flexibility index (Phi) is 1.21. The van der Waals surface area contributed by atoms with E-state index in [-0.39, 0.29) is 0 Å². The minimum absolute atomic E-state index is 0.826. The Morgan fingerprint density at radius 2 is 2.38 bits per heavy atom. The average molecular weight is 128 g/mol. The number of aromatic nitrogens is 2. The SMILES string of the molecule is Cc1cn(C)[nH]c1=S. The fourth-order valence-corrected chi connectivity index (χ4v) is 0.826. The van der Waals surface area contributed by atoms with Crippen molar-refractivity contribution in [2.75, 3.05) is 0 Å². The van der Waals surface area contributed by atoms with Crippen LogP contribution in [0.25, 0.3) is 0 Å². The monoisotopic (exact) mass is 128 g/mol. The number of rotatable bonds is 0. The molecule has 0 unspecified atom stereocenters. The van der Waals surface area contributed by atoms with Gasteiger partial charge in [-0.2, -0.15) is 0 Å². The van der Waals surface area contributed by atoms with Crippen LogP contribution in [0.5, 0.6) is 0 Å². The fraction of sp³-hybridized carbons (Fsp3) is 0.400. The van der Waals surface area contributed by atoms with Crippen LogP contribution in [0.1, 0.15) is 5.56 Å².